The van der Waals surface area contributed by atoms with Crippen molar-refractivity contribution >= 4 is 12.3 Å². The summed E-state index contributed by atoms with van der Waals surface area (Å²) in [6.45, 7) is 1.72. The average molecular weight is 267 g/mol. The Bertz CT molecular complexity index is 535. The molecule has 0 saturated carbocycles. The van der Waals surface area contributed by atoms with E-state index in [-0.39, 0.29) is 29.6 Å². The van der Waals surface area contributed by atoms with Crippen molar-refractivity contribution in [1.29, 1.82) is 5.26 Å². The van der Waals surface area contributed by atoms with Gasteiger partial charge in [-0.3, -0.25) is 9.59 Å². The van der Waals surface area contributed by atoms with E-state index in [4.69, 9.17) is 5.26 Å². The first-order valence-corrected chi connectivity index (χ1v) is 5.49. The zero-order valence-electron chi connectivity index (χ0n) is 10.2. The second-order valence-corrected chi connectivity index (χ2v) is 3.65. The highest BCUT2D eigenvalue weighted by molar-refractivity contribution is 5.81. The van der Waals surface area contributed by atoms with Crippen LogP contribution in [0.5, 0.6) is 0 Å². The van der Waals surface area contributed by atoms with Gasteiger partial charge in [-0.15, -0.1) is 0 Å². The van der Waals surface area contributed by atoms with Crippen LogP contribution in [0.4, 0.5) is 8.78 Å². The summed E-state index contributed by atoms with van der Waals surface area (Å²) in [6.07, 6.45) is -3.06. The minimum atomic E-state index is -2.91. The Morgan fingerprint density at radius 3 is 2.68 bits per heavy atom. The molecule has 0 aliphatic rings. The summed E-state index contributed by atoms with van der Waals surface area (Å²) in [6, 6.07) is 4.00. The summed E-state index contributed by atoms with van der Waals surface area (Å²) in [7, 11) is 0. The molecule has 100 valence electrons. The number of benzene rings is 1. The van der Waals surface area contributed by atoms with E-state index in [1.54, 1.807) is 13.0 Å². The number of rotatable bonds is 5. The zero-order chi connectivity index (χ0) is 14.4. The number of ether oxygens (including phenoxy) is 1. The molecule has 0 N–H and O–H groups in total. The number of aldehydes is 1. The number of alkyl halides is 2. The van der Waals surface area contributed by atoms with Crippen molar-refractivity contribution in [1.82, 2.24) is 0 Å². The second-order valence-electron chi connectivity index (χ2n) is 3.65. The molecule has 1 rings (SSSR count). The highest BCUT2D eigenvalue weighted by Crippen LogP contribution is 2.28. The molecular weight excluding hydrogens is 256 g/mol. The van der Waals surface area contributed by atoms with Crippen LogP contribution in [0.1, 0.15) is 40.4 Å². The van der Waals surface area contributed by atoms with Gasteiger partial charge in [0, 0.05) is 11.1 Å². The molecule has 0 aliphatic heterocycles. The first kappa shape index (κ1) is 14.8. The molecule has 6 heteroatoms. The number of halogens is 2. The fourth-order valence-electron chi connectivity index (χ4n) is 1.68. The molecule has 1 aromatic carbocycles. The minimum Gasteiger partial charge on any atom is -0.466 e. The quantitative estimate of drug-likeness (QED) is 0.607. The summed E-state index contributed by atoms with van der Waals surface area (Å²) < 4.78 is 30.6. The molecule has 0 spiro atoms. The molecule has 0 aliphatic carbocycles. The maximum absolute atomic E-state index is 13.0. The van der Waals surface area contributed by atoms with Crippen LogP contribution in [-0.2, 0) is 16.0 Å². The van der Waals surface area contributed by atoms with E-state index in [0.717, 1.165) is 6.07 Å². The lowest BCUT2D eigenvalue weighted by molar-refractivity contribution is -0.142. The Balaban J connectivity index is 3.30. The minimum absolute atomic E-state index is 0.0470. The smallest absolute Gasteiger partial charge is 0.310 e. The number of carbonyl (C=O) groups is 2. The molecule has 0 amide bonds. The zero-order valence-corrected chi connectivity index (χ0v) is 10.2. The van der Waals surface area contributed by atoms with Crippen LogP contribution in [-0.4, -0.2) is 18.9 Å². The van der Waals surface area contributed by atoms with E-state index in [1.165, 1.54) is 6.07 Å². The SMILES string of the molecule is CCOC(=O)Cc1cc(C#N)cc(C=O)c1C(F)F. The monoisotopic (exact) mass is 267 g/mol. The lowest BCUT2D eigenvalue weighted by Gasteiger charge is -2.11. The number of nitrogens with zero attached hydrogens (tertiary/aromatic N) is 1. The Kier molecular flexibility index (Phi) is 5.12. The van der Waals surface area contributed by atoms with Crippen LogP contribution in [0, 0.1) is 11.3 Å². The van der Waals surface area contributed by atoms with E-state index in [2.05, 4.69) is 4.74 Å². The number of hydrogen-bond donors (Lipinski definition) is 0. The molecule has 0 heterocycles. The van der Waals surface area contributed by atoms with E-state index in [0.29, 0.717) is 0 Å². The standard InChI is InChI=1S/C13H11F2NO3/c1-2-19-11(18)5-9-3-8(6-16)4-10(7-17)12(9)13(14)15/h3-4,7,13H,2,5H2,1H3. The summed E-state index contributed by atoms with van der Waals surface area (Å²) in [5.41, 5.74) is -0.823. The number of carbonyl (C=O) groups excluding carboxylic acids is 2. The van der Waals surface area contributed by atoms with Gasteiger partial charge in [0.2, 0.25) is 0 Å². The van der Waals surface area contributed by atoms with Gasteiger partial charge in [-0.2, -0.15) is 5.26 Å². The van der Waals surface area contributed by atoms with Gasteiger partial charge in [-0.1, -0.05) is 0 Å². The Morgan fingerprint density at radius 1 is 1.53 bits per heavy atom. The van der Waals surface area contributed by atoms with Crippen LogP contribution in [0.2, 0.25) is 0 Å². The largest absolute Gasteiger partial charge is 0.466 e. The number of nitriles is 1. The van der Waals surface area contributed by atoms with Gasteiger partial charge in [0.05, 0.1) is 24.7 Å². The first-order chi connectivity index (χ1) is 9.03. The van der Waals surface area contributed by atoms with Crippen LogP contribution in [0.15, 0.2) is 12.1 Å². The molecule has 0 unspecified atom stereocenters. The summed E-state index contributed by atoms with van der Waals surface area (Å²) >= 11 is 0. The first-order valence-electron chi connectivity index (χ1n) is 5.49. The molecule has 0 aromatic heterocycles. The highest BCUT2D eigenvalue weighted by Gasteiger charge is 2.21. The van der Waals surface area contributed by atoms with E-state index >= 15 is 0 Å². The predicted octanol–water partition coefficient (Wildman–Crippen LogP) is 2.41. The summed E-state index contributed by atoms with van der Waals surface area (Å²) in [5, 5.41) is 8.78. The van der Waals surface area contributed by atoms with Crippen molar-refractivity contribution in [3.05, 3.63) is 34.4 Å². The van der Waals surface area contributed by atoms with Crippen LogP contribution in [0.3, 0.4) is 0 Å². The van der Waals surface area contributed by atoms with Gasteiger partial charge >= 0.3 is 5.97 Å². The van der Waals surface area contributed by atoms with E-state index in [9.17, 15) is 18.4 Å². The van der Waals surface area contributed by atoms with Gasteiger partial charge in [-0.25, -0.2) is 8.78 Å². The molecular formula is C13H11F2NO3. The number of hydrogen-bond acceptors (Lipinski definition) is 4. The molecule has 0 bridgehead atoms. The lowest BCUT2D eigenvalue weighted by Crippen LogP contribution is -2.11. The Morgan fingerprint density at radius 2 is 2.21 bits per heavy atom. The fraction of sp³-hybridized carbons (Fsp3) is 0.308. The van der Waals surface area contributed by atoms with E-state index < -0.39 is 24.4 Å². The molecule has 4 nitrogen and oxygen atoms in total. The predicted molar refractivity (Wildman–Crippen MR) is 61.8 cm³/mol. The molecule has 0 radical (unpaired) electrons. The highest BCUT2D eigenvalue weighted by atomic mass is 19.3. The van der Waals surface area contributed by atoms with Crippen LogP contribution in [0.25, 0.3) is 0 Å². The third kappa shape index (κ3) is 3.58. The van der Waals surface area contributed by atoms with Crippen molar-refractivity contribution in [2.75, 3.05) is 6.61 Å². The maximum Gasteiger partial charge on any atom is 0.310 e. The topological polar surface area (TPSA) is 67.2 Å². The number of esters is 1. The van der Waals surface area contributed by atoms with E-state index in [1.807, 2.05) is 0 Å². The fourth-order valence-corrected chi connectivity index (χ4v) is 1.68. The third-order valence-electron chi connectivity index (χ3n) is 2.41. The average Bonchev–Trinajstić information content (AvgIpc) is 2.37. The Labute approximate surface area is 108 Å². The van der Waals surface area contributed by atoms with Crippen LogP contribution >= 0.6 is 0 Å². The van der Waals surface area contributed by atoms with Crippen molar-refractivity contribution < 1.29 is 23.1 Å². The Hall–Kier alpha value is -2.29. The maximum atomic E-state index is 13.0. The summed E-state index contributed by atoms with van der Waals surface area (Å²) in [5.74, 6) is -0.684. The third-order valence-corrected chi connectivity index (χ3v) is 2.41. The molecule has 1 aromatic rings. The van der Waals surface area contributed by atoms with Gasteiger partial charge in [-0.05, 0) is 24.6 Å². The van der Waals surface area contributed by atoms with Crippen LogP contribution < -0.4 is 0 Å². The molecule has 0 saturated heterocycles. The van der Waals surface area contributed by atoms with Crippen molar-refractivity contribution in [2.24, 2.45) is 0 Å². The van der Waals surface area contributed by atoms with Gasteiger partial charge in [0.25, 0.3) is 6.43 Å². The van der Waals surface area contributed by atoms with Crippen molar-refractivity contribution in [3.8, 4) is 6.07 Å². The van der Waals surface area contributed by atoms with Crippen molar-refractivity contribution in [2.45, 2.75) is 19.8 Å². The molecule has 19 heavy (non-hydrogen) atoms. The second kappa shape index (κ2) is 6.59. The lowest BCUT2D eigenvalue weighted by atomic mass is 9.96. The molecule has 0 fully saturated rings. The van der Waals surface area contributed by atoms with Gasteiger partial charge in [0.1, 0.15) is 0 Å². The van der Waals surface area contributed by atoms with Crippen molar-refractivity contribution in [3.63, 3.8) is 0 Å². The van der Waals surface area contributed by atoms with Gasteiger partial charge < -0.3 is 4.74 Å². The molecule has 0 atom stereocenters. The summed E-state index contributed by atoms with van der Waals surface area (Å²) in [4.78, 5) is 22.2. The van der Waals surface area contributed by atoms with Gasteiger partial charge in [0.15, 0.2) is 6.29 Å². The normalized spacial score (nSPS) is 10.1.